The van der Waals surface area contributed by atoms with E-state index >= 15 is 0 Å². The second kappa shape index (κ2) is 6.00. The first kappa shape index (κ1) is 13.7. The summed E-state index contributed by atoms with van der Waals surface area (Å²) in [5.74, 6) is 0. The molecule has 1 aromatic heterocycles. The molecule has 3 heteroatoms. The van der Waals surface area contributed by atoms with Gasteiger partial charge in [0, 0.05) is 17.1 Å². The molecule has 0 saturated carbocycles. The summed E-state index contributed by atoms with van der Waals surface area (Å²) in [4.78, 5) is 0. The predicted octanol–water partition coefficient (Wildman–Crippen LogP) is 4.69. The SMILES string of the molecule is CCCc1ccc(C(C)Nc2ccc3cn[nH]c3c2)cc1. The topological polar surface area (TPSA) is 40.7 Å². The van der Waals surface area contributed by atoms with Crippen LogP contribution in [0.15, 0.2) is 48.7 Å². The molecule has 1 heterocycles. The summed E-state index contributed by atoms with van der Waals surface area (Å²) in [6.45, 7) is 4.40. The second-order valence-electron chi connectivity index (χ2n) is 5.53. The molecule has 2 N–H and O–H groups in total. The van der Waals surface area contributed by atoms with Crippen LogP contribution >= 0.6 is 0 Å². The highest BCUT2D eigenvalue weighted by molar-refractivity contribution is 5.81. The minimum absolute atomic E-state index is 0.279. The molecule has 3 rings (SSSR count). The van der Waals surface area contributed by atoms with Crippen LogP contribution in [-0.2, 0) is 6.42 Å². The van der Waals surface area contributed by atoms with Gasteiger partial charge in [-0.05, 0) is 42.7 Å². The van der Waals surface area contributed by atoms with E-state index in [0.29, 0.717) is 0 Å². The zero-order valence-corrected chi connectivity index (χ0v) is 12.6. The number of hydrogen-bond donors (Lipinski definition) is 2. The summed E-state index contributed by atoms with van der Waals surface area (Å²) in [6.07, 6.45) is 4.19. The number of rotatable bonds is 5. The van der Waals surface area contributed by atoms with E-state index in [4.69, 9.17) is 0 Å². The number of aryl methyl sites for hydroxylation is 1. The number of fused-ring (bicyclic) bond motifs is 1. The third-order valence-corrected chi connectivity index (χ3v) is 3.84. The Labute approximate surface area is 125 Å². The molecule has 0 spiro atoms. The molecule has 0 bridgehead atoms. The number of nitrogens with one attached hydrogen (secondary N) is 2. The molecular weight excluding hydrogens is 258 g/mol. The van der Waals surface area contributed by atoms with Crippen molar-refractivity contribution in [2.24, 2.45) is 0 Å². The van der Waals surface area contributed by atoms with E-state index in [1.807, 2.05) is 6.20 Å². The highest BCUT2D eigenvalue weighted by Crippen LogP contribution is 2.22. The first-order valence-corrected chi connectivity index (χ1v) is 7.55. The van der Waals surface area contributed by atoms with Crippen molar-refractivity contribution < 1.29 is 0 Å². The molecule has 0 amide bonds. The van der Waals surface area contributed by atoms with Gasteiger partial charge in [0.15, 0.2) is 0 Å². The minimum atomic E-state index is 0.279. The molecule has 0 aliphatic rings. The summed E-state index contributed by atoms with van der Waals surface area (Å²) in [5, 5.41) is 11.7. The van der Waals surface area contributed by atoms with Crippen molar-refractivity contribution >= 4 is 16.6 Å². The lowest BCUT2D eigenvalue weighted by atomic mass is 10.0. The Kier molecular flexibility index (Phi) is 3.91. The highest BCUT2D eigenvalue weighted by Gasteiger charge is 2.06. The quantitative estimate of drug-likeness (QED) is 0.711. The summed E-state index contributed by atoms with van der Waals surface area (Å²) < 4.78 is 0. The van der Waals surface area contributed by atoms with Gasteiger partial charge >= 0.3 is 0 Å². The Morgan fingerprint density at radius 1 is 1.14 bits per heavy atom. The van der Waals surface area contributed by atoms with Crippen LogP contribution in [0.1, 0.15) is 37.4 Å². The van der Waals surface area contributed by atoms with E-state index in [0.717, 1.165) is 23.0 Å². The number of anilines is 1. The third kappa shape index (κ3) is 3.07. The average molecular weight is 279 g/mol. The van der Waals surface area contributed by atoms with E-state index < -0.39 is 0 Å². The molecule has 2 aromatic carbocycles. The van der Waals surface area contributed by atoms with Gasteiger partial charge < -0.3 is 5.32 Å². The van der Waals surface area contributed by atoms with Crippen molar-refractivity contribution in [3.05, 3.63) is 59.8 Å². The largest absolute Gasteiger partial charge is 0.378 e. The molecule has 1 unspecified atom stereocenters. The maximum absolute atomic E-state index is 4.05. The molecule has 0 radical (unpaired) electrons. The number of benzene rings is 2. The Balaban J connectivity index is 1.73. The van der Waals surface area contributed by atoms with Crippen LogP contribution in [0, 0.1) is 0 Å². The van der Waals surface area contributed by atoms with Gasteiger partial charge in [-0.25, -0.2) is 0 Å². The molecular formula is C18H21N3. The maximum atomic E-state index is 4.05. The fourth-order valence-corrected chi connectivity index (χ4v) is 2.62. The van der Waals surface area contributed by atoms with Crippen LogP contribution in [0.2, 0.25) is 0 Å². The average Bonchev–Trinajstić information content (AvgIpc) is 2.96. The highest BCUT2D eigenvalue weighted by atomic mass is 15.1. The second-order valence-corrected chi connectivity index (χ2v) is 5.53. The Morgan fingerprint density at radius 2 is 1.95 bits per heavy atom. The van der Waals surface area contributed by atoms with Crippen molar-refractivity contribution in [2.75, 3.05) is 5.32 Å². The van der Waals surface area contributed by atoms with Crippen LogP contribution in [0.25, 0.3) is 10.9 Å². The van der Waals surface area contributed by atoms with Crippen molar-refractivity contribution in [3.63, 3.8) is 0 Å². The smallest absolute Gasteiger partial charge is 0.0670 e. The maximum Gasteiger partial charge on any atom is 0.0670 e. The van der Waals surface area contributed by atoms with E-state index in [1.54, 1.807) is 0 Å². The molecule has 1 atom stereocenters. The summed E-state index contributed by atoms with van der Waals surface area (Å²) in [6, 6.07) is 15.5. The molecule has 21 heavy (non-hydrogen) atoms. The molecule has 0 aliphatic carbocycles. The van der Waals surface area contributed by atoms with Gasteiger partial charge in [-0.1, -0.05) is 37.6 Å². The van der Waals surface area contributed by atoms with Crippen LogP contribution in [-0.4, -0.2) is 10.2 Å². The van der Waals surface area contributed by atoms with Gasteiger partial charge in [-0.15, -0.1) is 0 Å². The first-order valence-electron chi connectivity index (χ1n) is 7.55. The number of hydrogen-bond acceptors (Lipinski definition) is 2. The van der Waals surface area contributed by atoms with E-state index in [1.165, 1.54) is 17.5 Å². The lowest BCUT2D eigenvalue weighted by Crippen LogP contribution is -2.06. The fraction of sp³-hybridized carbons (Fsp3) is 0.278. The number of H-pyrrole nitrogens is 1. The van der Waals surface area contributed by atoms with Gasteiger partial charge in [0.1, 0.15) is 0 Å². The molecule has 0 saturated heterocycles. The molecule has 0 aliphatic heterocycles. The molecule has 3 aromatic rings. The standard InChI is InChI=1S/C18H21N3/c1-3-4-14-5-7-15(8-6-14)13(2)20-17-10-9-16-12-19-21-18(16)11-17/h5-13,20H,3-4H2,1-2H3,(H,19,21). The third-order valence-electron chi connectivity index (χ3n) is 3.84. The lowest BCUT2D eigenvalue weighted by molar-refractivity contribution is 0.876. The number of aromatic amines is 1. The normalized spacial score (nSPS) is 12.5. The van der Waals surface area contributed by atoms with Crippen LogP contribution in [0.5, 0.6) is 0 Å². The predicted molar refractivity (Wildman–Crippen MR) is 88.6 cm³/mol. The van der Waals surface area contributed by atoms with E-state index in [9.17, 15) is 0 Å². The fourth-order valence-electron chi connectivity index (χ4n) is 2.62. The van der Waals surface area contributed by atoms with Crippen molar-refractivity contribution in [2.45, 2.75) is 32.7 Å². The zero-order valence-electron chi connectivity index (χ0n) is 12.6. The monoisotopic (exact) mass is 279 g/mol. The van der Waals surface area contributed by atoms with Gasteiger partial charge in [-0.2, -0.15) is 5.10 Å². The van der Waals surface area contributed by atoms with E-state index in [-0.39, 0.29) is 6.04 Å². The number of aromatic nitrogens is 2. The Morgan fingerprint density at radius 3 is 2.71 bits per heavy atom. The molecule has 108 valence electrons. The van der Waals surface area contributed by atoms with Crippen LogP contribution in [0.4, 0.5) is 5.69 Å². The molecule has 0 fully saturated rings. The first-order chi connectivity index (χ1) is 10.3. The summed E-state index contributed by atoms with van der Waals surface area (Å²) in [7, 11) is 0. The van der Waals surface area contributed by atoms with Crippen LogP contribution in [0.3, 0.4) is 0 Å². The van der Waals surface area contributed by atoms with E-state index in [2.05, 4.69) is 71.8 Å². The van der Waals surface area contributed by atoms with Gasteiger partial charge in [0.25, 0.3) is 0 Å². The molecule has 3 nitrogen and oxygen atoms in total. The summed E-state index contributed by atoms with van der Waals surface area (Å²) >= 11 is 0. The Hall–Kier alpha value is -2.29. The van der Waals surface area contributed by atoms with Gasteiger partial charge in [0.2, 0.25) is 0 Å². The zero-order chi connectivity index (χ0) is 14.7. The number of nitrogens with zero attached hydrogens (tertiary/aromatic N) is 1. The van der Waals surface area contributed by atoms with Crippen molar-refractivity contribution in [1.82, 2.24) is 10.2 Å². The van der Waals surface area contributed by atoms with Gasteiger partial charge in [0.05, 0.1) is 11.7 Å². The Bertz CT molecular complexity index is 713. The van der Waals surface area contributed by atoms with Crippen molar-refractivity contribution in [3.8, 4) is 0 Å². The minimum Gasteiger partial charge on any atom is -0.378 e. The van der Waals surface area contributed by atoms with Crippen molar-refractivity contribution in [1.29, 1.82) is 0 Å². The summed E-state index contributed by atoms with van der Waals surface area (Å²) in [5.41, 5.74) is 4.88. The lowest BCUT2D eigenvalue weighted by Gasteiger charge is -2.16. The van der Waals surface area contributed by atoms with Gasteiger partial charge in [-0.3, -0.25) is 5.10 Å². The van der Waals surface area contributed by atoms with Crippen LogP contribution < -0.4 is 5.32 Å².